The quantitative estimate of drug-likeness (QED) is 0.300. The Balaban J connectivity index is 1.29. The Hall–Kier alpha value is -2.91. The van der Waals surface area contributed by atoms with Gasteiger partial charge in [0.05, 0.1) is 18.8 Å². The number of methoxy groups -OCH3 is 1. The maximum absolute atomic E-state index is 14.6. The van der Waals surface area contributed by atoms with Crippen LogP contribution in [0.2, 0.25) is 0 Å². The summed E-state index contributed by atoms with van der Waals surface area (Å²) in [6, 6.07) is 7.08. The van der Waals surface area contributed by atoms with Crippen LogP contribution in [0.25, 0.3) is 10.9 Å². The Bertz CT molecular complexity index is 1180. The van der Waals surface area contributed by atoms with Crippen LogP contribution < -0.4 is 9.47 Å². The van der Waals surface area contributed by atoms with Crippen LogP contribution in [0, 0.1) is 28.7 Å². The van der Waals surface area contributed by atoms with Gasteiger partial charge in [-0.05, 0) is 74.4 Å². The molecule has 36 heavy (non-hydrogen) atoms. The number of piperidine rings is 1. The van der Waals surface area contributed by atoms with E-state index in [1.54, 1.807) is 19.2 Å². The molecule has 1 fully saturated rings. The maximum atomic E-state index is 14.6. The van der Waals surface area contributed by atoms with Gasteiger partial charge in [0.25, 0.3) is 0 Å². The lowest BCUT2D eigenvalue weighted by Crippen LogP contribution is -2.43. The van der Waals surface area contributed by atoms with Crippen molar-refractivity contribution in [3.63, 3.8) is 0 Å². The van der Waals surface area contributed by atoms with Crippen molar-refractivity contribution in [1.82, 2.24) is 9.88 Å². The van der Waals surface area contributed by atoms with Crippen molar-refractivity contribution in [2.45, 2.75) is 32.1 Å². The molecule has 2 heterocycles. The summed E-state index contributed by atoms with van der Waals surface area (Å²) in [4.78, 5) is 6.33. The number of halogens is 4. The van der Waals surface area contributed by atoms with E-state index in [-0.39, 0.29) is 30.2 Å². The highest BCUT2D eigenvalue weighted by atomic mass is 19.2. The molecule has 0 saturated carbocycles. The Labute approximate surface area is 207 Å². The first-order valence-corrected chi connectivity index (χ1v) is 12.1. The molecule has 9 heteroatoms. The summed E-state index contributed by atoms with van der Waals surface area (Å²) in [5.41, 5.74) is 1.08. The molecule has 2 aromatic carbocycles. The molecule has 0 atom stereocenters. The van der Waals surface area contributed by atoms with Crippen LogP contribution in [-0.4, -0.2) is 54.9 Å². The first-order valence-electron chi connectivity index (χ1n) is 12.1. The van der Waals surface area contributed by atoms with Crippen LogP contribution in [0.1, 0.15) is 31.2 Å². The van der Waals surface area contributed by atoms with Gasteiger partial charge in [0.2, 0.25) is 0 Å². The summed E-state index contributed by atoms with van der Waals surface area (Å²) < 4.78 is 65.0. The van der Waals surface area contributed by atoms with Crippen molar-refractivity contribution in [2.75, 3.05) is 40.0 Å². The van der Waals surface area contributed by atoms with Crippen molar-refractivity contribution in [3.05, 3.63) is 65.4 Å². The largest absolute Gasteiger partial charge is 0.497 e. The molecule has 5 nitrogen and oxygen atoms in total. The summed E-state index contributed by atoms with van der Waals surface area (Å²) >= 11 is 0. The number of aliphatic hydroxyl groups is 1. The van der Waals surface area contributed by atoms with E-state index in [1.807, 2.05) is 6.07 Å². The number of rotatable bonds is 10. The van der Waals surface area contributed by atoms with Gasteiger partial charge in [0.1, 0.15) is 23.9 Å². The number of aromatic nitrogens is 1. The Morgan fingerprint density at radius 1 is 1.00 bits per heavy atom. The standard InChI is InChI=1S/C27H30F4N2O3/c1-35-18-4-5-25-21(13-18)20(24(30)16-32-25)3-2-6-27(17-34)7-9-33(10-8-27)11-12-36-19-14-22(28)26(31)23(29)15-19/h4-5,13-16,34H,2-3,6-12,17H2,1H3. The number of hydrogen-bond donors (Lipinski definition) is 1. The number of fused-ring (bicyclic) bond motifs is 1. The molecule has 1 aliphatic rings. The second-order valence-corrected chi connectivity index (χ2v) is 9.37. The molecule has 0 aliphatic carbocycles. The topological polar surface area (TPSA) is 54.8 Å². The summed E-state index contributed by atoms with van der Waals surface area (Å²) in [6.07, 6.45) is 4.81. The normalized spacial score (nSPS) is 15.8. The molecule has 3 aromatic rings. The van der Waals surface area contributed by atoms with Gasteiger partial charge in [-0.25, -0.2) is 17.6 Å². The second-order valence-electron chi connectivity index (χ2n) is 9.37. The fourth-order valence-corrected chi connectivity index (χ4v) is 4.87. The van der Waals surface area contributed by atoms with Crippen LogP contribution >= 0.6 is 0 Å². The predicted octanol–water partition coefficient (Wildman–Crippen LogP) is 5.28. The van der Waals surface area contributed by atoms with E-state index < -0.39 is 17.5 Å². The second kappa shape index (κ2) is 11.4. The van der Waals surface area contributed by atoms with Gasteiger partial charge >= 0.3 is 0 Å². The van der Waals surface area contributed by atoms with Crippen LogP contribution in [-0.2, 0) is 6.42 Å². The number of hydrogen-bond acceptors (Lipinski definition) is 5. The SMILES string of the molecule is COc1ccc2ncc(F)c(CCCC3(CO)CCN(CCOc4cc(F)c(F)c(F)c4)CC3)c2c1. The smallest absolute Gasteiger partial charge is 0.194 e. The van der Waals surface area contributed by atoms with E-state index in [4.69, 9.17) is 9.47 Å². The van der Waals surface area contributed by atoms with Crippen molar-refractivity contribution in [1.29, 1.82) is 0 Å². The van der Waals surface area contributed by atoms with Gasteiger partial charge in [0, 0.05) is 30.7 Å². The molecule has 1 aliphatic heterocycles. The highest BCUT2D eigenvalue weighted by molar-refractivity contribution is 5.83. The third kappa shape index (κ3) is 5.90. The molecule has 0 bridgehead atoms. The Kier molecular flexibility index (Phi) is 8.31. The van der Waals surface area contributed by atoms with Crippen molar-refractivity contribution < 1.29 is 32.1 Å². The van der Waals surface area contributed by atoms with Crippen molar-refractivity contribution in [3.8, 4) is 11.5 Å². The Morgan fingerprint density at radius 2 is 1.72 bits per heavy atom. The third-order valence-corrected chi connectivity index (χ3v) is 7.15. The first kappa shape index (κ1) is 26.2. The van der Waals surface area contributed by atoms with Gasteiger partial charge in [-0.2, -0.15) is 0 Å². The summed E-state index contributed by atoms with van der Waals surface area (Å²) in [7, 11) is 1.57. The number of benzene rings is 2. The molecule has 0 radical (unpaired) electrons. The highest BCUT2D eigenvalue weighted by Crippen LogP contribution is 2.37. The van der Waals surface area contributed by atoms with E-state index >= 15 is 0 Å². The minimum atomic E-state index is -1.52. The van der Waals surface area contributed by atoms with Gasteiger partial charge in [-0.15, -0.1) is 0 Å². The minimum Gasteiger partial charge on any atom is -0.497 e. The number of ether oxygens (including phenoxy) is 2. The lowest BCUT2D eigenvalue weighted by molar-refractivity contribution is 0.0315. The van der Waals surface area contributed by atoms with Gasteiger partial charge in [-0.3, -0.25) is 9.88 Å². The lowest BCUT2D eigenvalue weighted by atomic mass is 9.75. The highest BCUT2D eigenvalue weighted by Gasteiger charge is 2.33. The zero-order valence-corrected chi connectivity index (χ0v) is 20.2. The fraction of sp³-hybridized carbons (Fsp3) is 0.444. The van der Waals surface area contributed by atoms with E-state index in [0.29, 0.717) is 29.8 Å². The van der Waals surface area contributed by atoms with Gasteiger partial charge < -0.3 is 14.6 Å². The summed E-state index contributed by atoms with van der Waals surface area (Å²) in [6.45, 7) is 2.27. The third-order valence-electron chi connectivity index (χ3n) is 7.15. The zero-order chi connectivity index (χ0) is 25.7. The molecule has 1 N–H and O–H groups in total. The van der Waals surface area contributed by atoms with Crippen molar-refractivity contribution >= 4 is 10.9 Å². The number of aliphatic hydroxyl groups excluding tert-OH is 1. The molecule has 0 unspecified atom stereocenters. The summed E-state index contributed by atoms with van der Waals surface area (Å²) in [5.74, 6) is -3.83. The average Bonchev–Trinajstić information content (AvgIpc) is 2.89. The summed E-state index contributed by atoms with van der Waals surface area (Å²) in [5, 5.41) is 10.9. The Morgan fingerprint density at radius 3 is 2.39 bits per heavy atom. The predicted molar refractivity (Wildman–Crippen MR) is 128 cm³/mol. The van der Waals surface area contributed by atoms with Crippen LogP contribution in [0.4, 0.5) is 17.6 Å². The fourth-order valence-electron chi connectivity index (χ4n) is 4.87. The first-order chi connectivity index (χ1) is 17.3. The van der Waals surface area contributed by atoms with Gasteiger partial charge in [-0.1, -0.05) is 0 Å². The molecule has 1 aromatic heterocycles. The number of nitrogens with zero attached hydrogens (tertiary/aromatic N) is 2. The monoisotopic (exact) mass is 506 g/mol. The van der Waals surface area contributed by atoms with E-state index in [9.17, 15) is 22.7 Å². The minimum absolute atomic E-state index is 0.0541. The van der Waals surface area contributed by atoms with Gasteiger partial charge in [0.15, 0.2) is 17.5 Å². The molecule has 194 valence electrons. The lowest BCUT2D eigenvalue weighted by Gasteiger charge is -2.41. The zero-order valence-electron chi connectivity index (χ0n) is 20.2. The molecular weight excluding hydrogens is 476 g/mol. The molecular formula is C27H30F4N2O3. The van der Waals surface area contributed by atoms with Crippen LogP contribution in [0.5, 0.6) is 11.5 Å². The van der Waals surface area contributed by atoms with Crippen molar-refractivity contribution in [2.24, 2.45) is 5.41 Å². The van der Waals surface area contributed by atoms with Crippen LogP contribution in [0.3, 0.4) is 0 Å². The maximum Gasteiger partial charge on any atom is 0.194 e. The van der Waals surface area contributed by atoms with Crippen LogP contribution in [0.15, 0.2) is 36.5 Å². The molecule has 1 saturated heterocycles. The van der Waals surface area contributed by atoms with E-state index in [2.05, 4.69) is 9.88 Å². The molecule has 4 rings (SSSR count). The number of aryl methyl sites for hydroxylation is 1. The molecule has 0 amide bonds. The van der Waals surface area contributed by atoms with E-state index in [1.165, 1.54) is 6.20 Å². The van der Waals surface area contributed by atoms with E-state index in [0.717, 1.165) is 56.3 Å². The average molecular weight is 507 g/mol. The molecule has 0 spiro atoms. The number of likely N-dealkylation sites (tertiary alicyclic amines) is 1. The number of pyridine rings is 1.